The second-order valence-electron chi connectivity index (χ2n) is 6.10. The fraction of sp³-hybridized carbons (Fsp3) is 0.600. The van der Waals surface area contributed by atoms with Crippen molar-refractivity contribution in [2.45, 2.75) is 52.6 Å². The molecule has 110 valence electrons. The molecule has 0 radical (unpaired) electrons. The van der Waals surface area contributed by atoms with Crippen LogP contribution in [0.5, 0.6) is 0 Å². The van der Waals surface area contributed by atoms with Crippen LogP contribution in [0, 0.1) is 0 Å². The average molecular weight is 292 g/mol. The highest BCUT2D eigenvalue weighted by atomic mass is 32.1. The van der Waals surface area contributed by atoms with E-state index in [1.165, 1.54) is 16.1 Å². The number of nitrogens with zero attached hydrogens (tertiary/aromatic N) is 3. The average Bonchev–Trinajstić information content (AvgIpc) is 2.95. The topological polar surface area (TPSA) is 42.7 Å². The molecular weight excluding hydrogens is 268 g/mol. The van der Waals surface area contributed by atoms with E-state index in [0.29, 0.717) is 0 Å². The van der Waals surface area contributed by atoms with Crippen molar-refractivity contribution in [2.24, 2.45) is 7.05 Å². The molecule has 0 atom stereocenters. The number of aryl methyl sites for hydroxylation is 2. The summed E-state index contributed by atoms with van der Waals surface area (Å²) < 4.78 is 1.90. The highest BCUT2D eigenvalue weighted by Crippen LogP contribution is 2.24. The minimum absolute atomic E-state index is 0.0782. The lowest BCUT2D eigenvalue weighted by Crippen LogP contribution is -2.19. The largest absolute Gasteiger partial charge is 0.306 e. The van der Waals surface area contributed by atoms with Gasteiger partial charge in [0.1, 0.15) is 5.01 Å². The van der Waals surface area contributed by atoms with Crippen molar-refractivity contribution in [2.75, 3.05) is 0 Å². The Morgan fingerprint density at radius 2 is 2.05 bits per heavy atom. The summed E-state index contributed by atoms with van der Waals surface area (Å²) in [6.07, 6.45) is 5.15. The van der Waals surface area contributed by atoms with Crippen molar-refractivity contribution in [3.05, 3.63) is 33.5 Å². The second-order valence-corrected chi connectivity index (χ2v) is 7.30. The van der Waals surface area contributed by atoms with Gasteiger partial charge in [-0.3, -0.25) is 4.68 Å². The molecule has 4 nitrogen and oxygen atoms in total. The summed E-state index contributed by atoms with van der Waals surface area (Å²) in [7, 11) is 1.98. The maximum atomic E-state index is 4.59. The first kappa shape index (κ1) is 15.2. The van der Waals surface area contributed by atoms with Gasteiger partial charge in [0.15, 0.2) is 0 Å². The van der Waals surface area contributed by atoms with E-state index in [9.17, 15) is 0 Å². The summed E-state index contributed by atoms with van der Waals surface area (Å²) in [6.45, 7) is 10.4. The smallest absolute Gasteiger partial charge is 0.107 e. The van der Waals surface area contributed by atoms with Crippen LogP contribution in [0.2, 0.25) is 0 Å². The molecule has 0 saturated carbocycles. The van der Waals surface area contributed by atoms with E-state index < -0.39 is 0 Å². The first-order valence-electron chi connectivity index (χ1n) is 7.07. The molecule has 0 spiro atoms. The van der Waals surface area contributed by atoms with Crippen molar-refractivity contribution >= 4 is 11.3 Å². The number of aromatic nitrogens is 3. The Labute approximate surface area is 125 Å². The lowest BCUT2D eigenvalue weighted by atomic mass is 9.89. The molecular formula is C15H24N4S. The Balaban J connectivity index is 1.97. The quantitative estimate of drug-likeness (QED) is 0.921. The second kappa shape index (κ2) is 6.06. The molecule has 2 heterocycles. The lowest BCUT2D eigenvalue weighted by Gasteiger charge is -2.17. The summed E-state index contributed by atoms with van der Waals surface area (Å²) in [5, 5.41) is 9.22. The zero-order valence-electron chi connectivity index (χ0n) is 13.0. The van der Waals surface area contributed by atoms with E-state index in [1.807, 2.05) is 17.9 Å². The number of hydrogen-bond acceptors (Lipinski definition) is 4. The number of hydrogen-bond donors (Lipinski definition) is 1. The fourth-order valence-corrected chi connectivity index (χ4v) is 3.03. The molecule has 0 fully saturated rings. The summed E-state index contributed by atoms with van der Waals surface area (Å²) in [4.78, 5) is 5.78. The van der Waals surface area contributed by atoms with Crippen molar-refractivity contribution in [1.29, 1.82) is 0 Å². The lowest BCUT2D eigenvalue weighted by molar-refractivity contribution is 0.543. The van der Waals surface area contributed by atoms with Gasteiger partial charge < -0.3 is 5.32 Å². The number of rotatable bonds is 5. The molecule has 1 N–H and O–H groups in total. The van der Waals surface area contributed by atoms with Gasteiger partial charge in [-0.15, -0.1) is 11.3 Å². The van der Waals surface area contributed by atoms with E-state index in [-0.39, 0.29) is 5.41 Å². The molecule has 0 unspecified atom stereocenters. The van der Waals surface area contributed by atoms with Gasteiger partial charge in [-0.1, -0.05) is 27.7 Å². The van der Waals surface area contributed by atoms with Gasteiger partial charge in [-0.05, 0) is 6.42 Å². The Hall–Kier alpha value is -1.20. The van der Waals surface area contributed by atoms with Crippen molar-refractivity contribution in [3.8, 4) is 0 Å². The molecule has 0 saturated heterocycles. The molecule has 0 aliphatic rings. The standard InChI is InChI=1S/C15H24N4S/c1-6-12-8-17-13(20-12)9-16-7-11-10-19(5)18-14(11)15(2,3)4/h8,10,16H,6-7,9H2,1-5H3. The van der Waals surface area contributed by atoms with E-state index >= 15 is 0 Å². The fourth-order valence-electron chi connectivity index (χ4n) is 2.20. The molecule has 2 aromatic heterocycles. The van der Waals surface area contributed by atoms with Crippen LogP contribution in [-0.4, -0.2) is 14.8 Å². The Morgan fingerprint density at radius 3 is 2.65 bits per heavy atom. The van der Waals surface area contributed by atoms with Crippen LogP contribution in [-0.2, 0) is 32.0 Å². The van der Waals surface area contributed by atoms with Crippen LogP contribution in [0.4, 0.5) is 0 Å². The highest BCUT2D eigenvalue weighted by molar-refractivity contribution is 7.11. The third-order valence-corrected chi connectivity index (χ3v) is 4.30. The highest BCUT2D eigenvalue weighted by Gasteiger charge is 2.21. The van der Waals surface area contributed by atoms with Crippen LogP contribution < -0.4 is 5.32 Å². The third-order valence-electron chi connectivity index (χ3n) is 3.16. The van der Waals surface area contributed by atoms with E-state index in [2.05, 4.69) is 49.3 Å². The third kappa shape index (κ3) is 3.67. The molecule has 2 rings (SSSR count). The van der Waals surface area contributed by atoms with Crippen molar-refractivity contribution < 1.29 is 0 Å². The SMILES string of the molecule is CCc1cnc(CNCc2cn(C)nc2C(C)(C)C)s1. The minimum atomic E-state index is 0.0782. The van der Waals surface area contributed by atoms with Crippen LogP contribution >= 0.6 is 11.3 Å². The minimum Gasteiger partial charge on any atom is -0.306 e. The van der Waals surface area contributed by atoms with Gasteiger partial charge in [0.2, 0.25) is 0 Å². The Morgan fingerprint density at radius 1 is 1.30 bits per heavy atom. The van der Waals surface area contributed by atoms with Crippen LogP contribution in [0.1, 0.15) is 48.8 Å². The van der Waals surface area contributed by atoms with Gasteiger partial charge in [0, 0.05) is 48.4 Å². The molecule has 20 heavy (non-hydrogen) atoms. The van der Waals surface area contributed by atoms with Crippen molar-refractivity contribution in [3.63, 3.8) is 0 Å². The van der Waals surface area contributed by atoms with E-state index in [4.69, 9.17) is 0 Å². The summed E-state index contributed by atoms with van der Waals surface area (Å²) in [5.41, 5.74) is 2.52. The molecule has 5 heteroatoms. The molecule has 2 aromatic rings. The number of nitrogens with one attached hydrogen (secondary N) is 1. The van der Waals surface area contributed by atoms with Gasteiger partial charge in [0.25, 0.3) is 0 Å². The molecule has 0 amide bonds. The van der Waals surface area contributed by atoms with E-state index in [0.717, 1.165) is 24.5 Å². The molecule has 0 bridgehead atoms. The zero-order valence-corrected chi connectivity index (χ0v) is 13.8. The monoisotopic (exact) mass is 292 g/mol. The predicted molar refractivity (Wildman–Crippen MR) is 83.9 cm³/mol. The first-order valence-corrected chi connectivity index (χ1v) is 7.89. The van der Waals surface area contributed by atoms with Crippen LogP contribution in [0.15, 0.2) is 12.4 Å². The van der Waals surface area contributed by atoms with Gasteiger partial charge in [-0.25, -0.2) is 4.98 Å². The van der Waals surface area contributed by atoms with E-state index in [1.54, 1.807) is 11.3 Å². The maximum Gasteiger partial charge on any atom is 0.107 e. The molecule has 0 aliphatic heterocycles. The maximum absolute atomic E-state index is 4.59. The van der Waals surface area contributed by atoms with Gasteiger partial charge in [-0.2, -0.15) is 5.10 Å². The first-order chi connectivity index (χ1) is 9.40. The van der Waals surface area contributed by atoms with Gasteiger partial charge in [0.05, 0.1) is 5.69 Å². The predicted octanol–water partition coefficient (Wildman–Crippen LogP) is 3.03. The normalized spacial score (nSPS) is 12.1. The van der Waals surface area contributed by atoms with Crippen LogP contribution in [0.3, 0.4) is 0 Å². The summed E-state index contributed by atoms with van der Waals surface area (Å²) in [6, 6.07) is 0. The van der Waals surface area contributed by atoms with Gasteiger partial charge >= 0.3 is 0 Å². The molecule has 0 aliphatic carbocycles. The summed E-state index contributed by atoms with van der Waals surface area (Å²) in [5.74, 6) is 0. The summed E-state index contributed by atoms with van der Waals surface area (Å²) >= 11 is 1.79. The van der Waals surface area contributed by atoms with Crippen molar-refractivity contribution in [1.82, 2.24) is 20.1 Å². The zero-order chi connectivity index (χ0) is 14.8. The Bertz CT molecular complexity index is 563. The Kier molecular flexibility index (Phi) is 4.60. The number of thiazole rings is 1. The molecule has 0 aromatic carbocycles. The van der Waals surface area contributed by atoms with Crippen LogP contribution in [0.25, 0.3) is 0 Å².